The van der Waals surface area contributed by atoms with Gasteiger partial charge >= 0.3 is 0 Å². The van der Waals surface area contributed by atoms with Crippen LogP contribution in [0, 0.1) is 5.82 Å². The Morgan fingerprint density at radius 1 is 1.47 bits per heavy atom. The first-order chi connectivity index (χ1) is 8.99. The van der Waals surface area contributed by atoms with E-state index in [-0.39, 0.29) is 11.7 Å². The summed E-state index contributed by atoms with van der Waals surface area (Å²) < 4.78 is 20.1. The van der Waals surface area contributed by atoms with Crippen molar-refractivity contribution in [3.63, 3.8) is 0 Å². The number of rotatable bonds is 3. The Hall–Kier alpha value is -0.490. The van der Waals surface area contributed by atoms with Crippen molar-refractivity contribution >= 4 is 15.9 Å². The number of aliphatic hydroxyl groups is 1. The molecule has 0 aromatic heterocycles. The van der Waals surface area contributed by atoms with Crippen LogP contribution in [0.25, 0.3) is 0 Å². The molecule has 1 saturated heterocycles. The van der Waals surface area contributed by atoms with Crippen LogP contribution in [0.5, 0.6) is 0 Å². The van der Waals surface area contributed by atoms with Crippen LogP contribution in [0.15, 0.2) is 22.7 Å². The Balaban J connectivity index is 2.14. The quantitative estimate of drug-likeness (QED) is 0.924. The molecule has 0 bridgehead atoms. The van der Waals surface area contributed by atoms with Crippen LogP contribution in [0.1, 0.15) is 25.5 Å². The highest BCUT2D eigenvalue weighted by molar-refractivity contribution is 9.10. The molecule has 0 amide bonds. The summed E-state index contributed by atoms with van der Waals surface area (Å²) in [5, 5.41) is 10.3. The van der Waals surface area contributed by atoms with Crippen molar-refractivity contribution in [1.29, 1.82) is 0 Å². The second kappa shape index (κ2) is 6.31. The third-order valence-electron chi connectivity index (χ3n) is 3.48. The van der Waals surface area contributed by atoms with Gasteiger partial charge in [-0.3, -0.25) is 4.90 Å². The maximum Gasteiger partial charge on any atom is 0.129 e. The molecule has 0 spiro atoms. The van der Waals surface area contributed by atoms with E-state index in [9.17, 15) is 9.50 Å². The molecule has 1 heterocycles. The van der Waals surface area contributed by atoms with Crippen LogP contribution >= 0.6 is 15.9 Å². The summed E-state index contributed by atoms with van der Waals surface area (Å²) in [6.45, 7) is 6.24. The fraction of sp³-hybridized carbons (Fsp3) is 0.571. The van der Waals surface area contributed by atoms with E-state index >= 15 is 0 Å². The maximum atomic E-state index is 13.8. The van der Waals surface area contributed by atoms with E-state index in [1.165, 1.54) is 6.07 Å². The molecule has 1 fully saturated rings. The van der Waals surface area contributed by atoms with Gasteiger partial charge in [-0.2, -0.15) is 0 Å². The Kier molecular flexibility index (Phi) is 4.95. The minimum absolute atomic E-state index is 0.282. The molecule has 106 valence electrons. The van der Waals surface area contributed by atoms with Gasteiger partial charge in [0.2, 0.25) is 0 Å². The van der Waals surface area contributed by atoms with E-state index in [0.717, 1.165) is 11.0 Å². The zero-order chi connectivity index (χ0) is 14.0. The topological polar surface area (TPSA) is 32.7 Å². The normalized spacial score (nSPS) is 22.7. The molecule has 2 atom stereocenters. The Labute approximate surface area is 121 Å². The summed E-state index contributed by atoms with van der Waals surface area (Å²) in [6, 6.07) is 4.97. The highest BCUT2D eigenvalue weighted by Crippen LogP contribution is 2.27. The van der Waals surface area contributed by atoms with Crippen LogP contribution in [-0.2, 0) is 4.74 Å². The largest absolute Gasteiger partial charge is 0.386 e. The second-order valence-electron chi connectivity index (χ2n) is 5.11. The van der Waals surface area contributed by atoms with Crippen LogP contribution in [0.2, 0.25) is 0 Å². The van der Waals surface area contributed by atoms with Crippen molar-refractivity contribution in [2.24, 2.45) is 0 Å². The lowest BCUT2D eigenvalue weighted by Crippen LogP contribution is -2.47. The Morgan fingerprint density at radius 2 is 2.21 bits per heavy atom. The Morgan fingerprint density at radius 3 is 2.89 bits per heavy atom. The number of ether oxygens (including phenoxy) is 1. The first-order valence-electron chi connectivity index (χ1n) is 6.47. The van der Waals surface area contributed by atoms with Crippen LogP contribution in [-0.4, -0.2) is 41.8 Å². The van der Waals surface area contributed by atoms with Crippen molar-refractivity contribution in [3.05, 3.63) is 34.1 Å². The van der Waals surface area contributed by atoms with Gasteiger partial charge in [0.1, 0.15) is 18.0 Å². The molecule has 0 saturated carbocycles. The molecular weight excluding hydrogens is 313 g/mol. The summed E-state index contributed by atoms with van der Waals surface area (Å²) in [7, 11) is 0. The van der Waals surface area contributed by atoms with Crippen LogP contribution in [0.4, 0.5) is 4.39 Å². The average molecular weight is 332 g/mol. The molecule has 1 N–H and O–H groups in total. The summed E-state index contributed by atoms with van der Waals surface area (Å²) in [6.07, 6.45) is -1.33. The number of hydrogen-bond acceptors (Lipinski definition) is 3. The number of benzene rings is 1. The molecule has 1 aromatic rings. The van der Waals surface area contributed by atoms with Crippen LogP contribution in [0.3, 0.4) is 0 Å². The smallest absolute Gasteiger partial charge is 0.129 e. The van der Waals surface area contributed by atoms with Crippen molar-refractivity contribution in [2.45, 2.75) is 32.1 Å². The molecular formula is C14H19BrFNO2. The second-order valence-corrected chi connectivity index (χ2v) is 6.02. The molecule has 2 rings (SSSR count). The molecule has 0 aliphatic carbocycles. The predicted molar refractivity (Wildman–Crippen MR) is 75.5 cm³/mol. The molecule has 5 heteroatoms. The van der Waals surface area contributed by atoms with Crippen molar-refractivity contribution < 1.29 is 14.2 Å². The van der Waals surface area contributed by atoms with Gasteiger partial charge in [-0.25, -0.2) is 4.39 Å². The Bertz CT molecular complexity index is 441. The van der Waals surface area contributed by atoms with Crippen molar-refractivity contribution in [2.75, 3.05) is 19.7 Å². The zero-order valence-electron chi connectivity index (χ0n) is 11.1. The third kappa shape index (κ3) is 3.54. The van der Waals surface area contributed by atoms with Gasteiger partial charge in [0.15, 0.2) is 0 Å². The van der Waals surface area contributed by atoms with Gasteiger partial charge in [0.25, 0.3) is 0 Å². The standard InChI is InChI=1S/C14H19BrFNO2/c1-9(2)17-5-6-19-13(8-17)14(18)11-7-10(15)3-4-12(11)16/h3-4,7,9,13-14,18H,5-6,8H2,1-2H3. The lowest BCUT2D eigenvalue weighted by Gasteiger charge is -2.37. The highest BCUT2D eigenvalue weighted by Gasteiger charge is 2.30. The van der Waals surface area contributed by atoms with E-state index in [1.54, 1.807) is 12.1 Å². The molecule has 2 unspecified atom stereocenters. The van der Waals surface area contributed by atoms with Gasteiger partial charge < -0.3 is 9.84 Å². The fourth-order valence-electron chi connectivity index (χ4n) is 2.30. The number of aliphatic hydroxyl groups excluding tert-OH is 1. The first-order valence-corrected chi connectivity index (χ1v) is 7.27. The van der Waals surface area contributed by atoms with Gasteiger partial charge in [-0.05, 0) is 32.0 Å². The SMILES string of the molecule is CC(C)N1CCOC(C(O)c2cc(Br)ccc2F)C1. The predicted octanol–water partition coefficient (Wildman–Crippen LogP) is 2.73. The summed E-state index contributed by atoms with van der Waals surface area (Å²) in [5.74, 6) is -0.402. The molecule has 19 heavy (non-hydrogen) atoms. The monoisotopic (exact) mass is 331 g/mol. The van der Waals surface area contributed by atoms with Crippen molar-refractivity contribution in [1.82, 2.24) is 4.90 Å². The maximum absolute atomic E-state index is 13.8. The molecule has 1 aliphatic heterocycles. The van der Waals surface area contributed by atoms with E-state index in [0.29, 0.717) is 19.2 Å². The molecule has 1 aliphatic rings. The third-order valence-corrected chi connectivity index (χ3v) is 3.98. The molecule has 3 nitrogen and oxygen atoms in total. The van der Waals surface area contributed by atoms with E-state index in [2.05, 4.69) is 34.7 Å². The lowest BCUT2D eigenvalue weighted by atomic mass is 10.0. The molecule has 0 radical (unpaired) electrons. The van der Waals surface area contributed by atoms with Gasteiger partial charge in [0, 0.05) is 29.2 Å². The van der Waals surface area contributed by atoms with E-state index < -0.39 is 11.9 Å². The molecule has 1 aromatic carbocycles. The minimum atomic E-state index is -0.945. The van der Waals surface area contributed by atoms with Gasteiger partial charge in [0.05, 0.1) is 6.61 Å². The zero-order valence-corrected chi connectivity index (χ0v) is 12.7. The number of nitrogens with zero attached hydrogens (tertiary/aromatic N) is 1. The van der Waals surface area contributed by atoms with Gasteiger partial charge in [-0.15, -0.1) is 0 Å². The highest BCUT2D eigenvalue weighted by atomic mass is 79.9. The first kappa shape index (κ1) is 14.9. The fourth-order valence-corrected chi connectivity index (χ4v) is 2.68. The van der Waals surface area contributed by atoms with E-state index in [4.69, 9.17) is 4.74 Å². The lowest BCUT2D eigenvalue weighted by molar-refractivity contribution is -0.0969. The van der Waals surface area contributed by atoms with Crippen LogP contribution < -0.4 is 0 Å². The van der Waals surface area contributed by atoms with E-state index in [1.807, 2.05) is 0 Å². The number of morpholine rings is 1. The van der Waals surface area contributed by atoms with Gasteiger partial charge in [-0.1, -0.05) is 15.9 Å². The van der Waals surface area contributed by atoms with Crippen molar-refractivity contribution in [3.8, 4) is 0 Å². The minimum Gasteiger partial charge on any atom is -0.386 e. The summed E-state index contributed by atoms with van der Waals surface area (Å²) in [5.41, 5.74) is 0.282. The number of hydrogen-bond donors (Lipinski definition) is 1. The summed E-state index contributed by atoms with van der Waals surface area (Å²) >= 11 is 3.29. The number of halogens is 2. The average Bonchev–Trinajstić information content (AvgIpc) is 2.41. The summed E-state index contributed by atoms with van der Waals surface area (Å²) in [4.78, 5) is 2.23.